The summed E-state index contributed by atoms with van der Waals surface area (Å²) < 4.78 is 36.7. The van der Waals surface area contributed by atoms with Crippen LogP contribution in [0.25, 0.3) is 11.1 Å². The smallest absolute Gasteiger partial charge is 0.335 e. The second-order valence-electron chi connectivity index (χ2n) is 9.57. The van der Waals surface area contributed by atoms with E-state index < -0.39 is 35.4 Å². The Balaban J connectivity index is 1.71. The number of hydrogen-bond donors (Lipinski definition) is 0. The third-order valence-electron chi connectivity index (χ3n) is 6.30. The molecule has 0 saturated carbocycles. The number of ether oxygens (including phenoxy) is 4. The van der Waals surface area contributed by atoms with Gasteiger partial charge in [-0.05, 0) is 59.7 Å². The number of hydrogen-bond acceptors (Lipinski definition) is 8. The van der Waals surface area contributed by atoms with Crippen LogP contribution in [0.5, 0.6) is 23.0 Å². The minimum Gasteiger partial charge on any atom is -0.423 e. The van der Waals surface area contributed by atoms with Crippen molar-refractivity contribution in [2.24, 2.45) is 0 Å². The van der Waals surface area contributed by atoms with Gasteiger partial charge in [0.1, 0.15) is 17.1 Å². The first-order valence-electron chi connectivity index (χ1n) is 14.2. The third-order valence-corrected chi connectivity index (χ3v) is 6.30. The van der Waals surface area contributed by atoms with Crippen LogP contribution in [0.2, 0.25) is 0 Å². The van der Waals surface area contributed by atoms with E-state index in [9.17, 15) is 19.2 Å². The van der Waals surface area contributed by atoms with Crippen molar-refractivity contribution < 1.29 is 42.5 Å². The molecule has 0 aliphatic heterocycles. The van der Waals surface area contributed by atoms with Crippen molar-refractivity contribution in [1.29, 1.82) is 0 Å². The summed E-state index contributed by atoms with van der Waals surface area (Å²) in [6.07, 6.45) is 3.81. The molecule has 0 unspecified atom stereocenters. The van der Waals surface area contributed by atoms with Gasteiger partial charge >= 0.3 is 23.9 Å². The quantitative estimate of drug-likeness (QED) is 0.0856. The second-order valence-corrected chi connectivity index (χ2v) is 9.57. The summed E-state index contributed by atoms with van der Waals surface area (Å²) in [5, 5.41) is 0. The van der Waals surface area contributed by atoms with E-state index in [-0.39, 0.29) is 22.6 Å². The van der Waals surface area contributed by atoms with Gasteiger partial charge in [0.2, 0.25) is 0 Å². The molecule has 0 aliphatic carbocycles. The SMILES string of the molecule is C=CC(=O)Oc1ccc(C#Cc2c(OC(=O)C=C)cc(C#Cc3ccc(-c4ccc(OC(=O)C=C)cc4)cc3)c(F)c2OC(=O)C=C)cc1. The van der Waals surface area contributed by atoms with Crippen LogP contribution < -0.4 is 18.9 Å². The van der Waals surface area contributed by atoms with E-state index in [0.717, 1.165) is 41.5 Å². The molecule has 0 aromatic heterocycles. The van der Waals surface area contributed by atoms with E-state index in [0.29, 0.717) is 16.9 Å². The Bertz CT molecular complexity index is 2100. The predicted octanol–water partition coefficient (Wildman–Crippen LogP) is 6.66. The lowest BCUT2D eigenvalue weighted by atomic mass is 10.0. The maximum Gasteiger partial charge on any atom is 0.335 e. The lowest BCUT2D eigenvalue weighted by molar-refractivity contribution is -0.130. The highest BCUT2D eigenvalue weighted by Gasteiger charge is 2.22. The average Bonchev–Trinajstić information content (AvgIpc) is 3.12. The van der Waals surface area contributed by atoms with Crippen LogP contribution in [0, 0.1) is 29.5 Å². The second kappa shape index (κ2) is 16.4. The molecular weight excluding hydrogens is 627 g/mol. The first-order chi connectivity index (χ1) is 23.6. The molecule has 0 atom stereocenters. The van der Waals surface area contributed by atoms with Crippen molar-refractivity contribution in [2.45, 2.75) is 0 Å². The van der Waals surface area contributed by atoms with Crippen LogP contribution in [-0.4, -0.2) is 23.9 Å². The van der Waals surface area contributed by atoms with E-state index >= 15 is 4.39 Å². The molecule has 0 radical (unpaired) electrons. The summed E-state index contributed by atoms with van der Waals surface area (Å²) in [4.78, 5) is 47.3. The zero-order valence-corrected chi connectivity index (χ0v) is 25.8. The maximum absolute atomic E-state index is 15.9. The van der Waals surface area contributed by atoms with Crippen LogP contribution in [0.4, 0.5) is 4.39 Å². The molecule has 0 fully saturated rings. The van der Waals surface area contributed by atoms with Crippen LogP contribution in [0.15, 0.2) is 129 Å². The van der Waals surface area contributed by atoms with E-state index in [1.54, 1.807) is 48.5 Å². The van der Waals surface area contributed by atoms with Gasteiger partial charge < -0.3 is 18.9 Å². The van der Waals surface area contributed by atoms with Crippen molar-refractivity contribution in [2.75, 3.05) is 0 Å². The molecule has 4 aromatic carbocycles. The van der Waals surface area contributed by atoms with Crippen LogP contribution in [0.1, 0.15) is 22.3 Å². The Morgan fingerprint density at radius 2 is 0.939 bits per heavy atom. The first-order valence-corrected chi connectivity index (χ1v) is 14.2. The van der Waals surface area contributed by atoms with Crippen molar-refractivity contribution in [3.05, 3.63) is 158 Å². The number of carbonyl (C=O) groups excluding carboxylic acids is 4. The topological polar surface area (TPSA) is 105 Å². The fourth-order valence-electron chi connectivity index (χ4n) is 3.95. The summed E-state index contributed by atoms with van der Waals surface area (Å²) in [7, 11) is 0. The molecule has 0 spiro atoms. The van der Waals surface area contributed by atoms with Crippen molar-refractivity contribution >= 4 is 23.9 Å². The molecular formula is C40H25FO8. The molecule has 0 amide bonds. The molecule has 240 valence electrons. The van der Waals surface area contributed by atoms with Crippen LogP contribution in [0.3, 0.4) is 0 Å². The van der Waals surface area contributed by atoms with Gasteiger partial charge in [0.25, 0.3) is 0 Å². The van der Waals surface area contributed by atoms with E-state index in [2.05, 4.69) is 50.0 Å². The Labute approximate surface area is 281 Å². The first kappa shape index (κ1) is 34.6. The standard InChI is InChI=1S/C40H25FO8/c1-5-35(42)46-31-20-12-27(13-21-31)14-24-33-34(48-37(44)7-3)25-30(39(41)40(33)49-38(45)8-4)17-11-26-9-15-28(16-10-26)29-18-22-32(23-19-29)47-36(43)6-2/h5-10,12-13,15-16,18-23,25H,1-4H2. The molecule has 0 aliphatic rings. The Kier molecular flexibility index (Phi) is 11.6. The summed E-state index contributed by atoms with van der Waals surface area (Å²) in [5.74, 6) is 6.63. The Hall–Kier alpha value is -7.23. The average molecular weight is 653 g/mol. The predicted molar refractivity (Wildman–Crippen MR) is 180 cm³/mol. The highest BCUT2D eigenvalue weighted by Crippen LogP contribution is 2.34. The van der Waals surface area contributed by atoms with E-state index in [4.69, 9.17) is 18.9 Å². The molecule has 0 N–H and O–H groups in total. The maximum atomic E-state index is 15.9. The number of carbonyl (C=O) groups is 4. The monoisotopic (exact) mass is 652 g/mol. The van der Waals surface area contributed by atoms with E-state index in [1.165, 1.54) is 24.3 Å². The summed E-state index contributed by atoms with van der Waals surface area (Å²) >= 11 is 0. The van der Waals surface area contributed by atoms with Gasteiger partial charge in [-0.15, -0.1) is 0 Å². The molecule has 4 aromatic rings. The zero-order chi connectivity index (χ0) is 35.3. The molecule has 9 heteroatoms. The van der Waals surface area contributed by atoms with Crippen LogP contribution >= 0.6 is 0 Å². The van der Waals surface area contributed by atoms with E-state index in [1.807, 2.05) is 0 Å². The minimum absolute atomic E-state index is 0.239. The fourth-order valence-corrected chi connectivity index (χ4v) is 3.95. The molecule has 0 heterocycles. The van der Waals surface area contributed by atoms with Crippen molar-refractivity contribution in [3.8, 4) is 57.8 Å². The summed E-state index contributed by atoms with van der Waals surface area (Å²) in [5.41, 5.74) is 2.08. The molecule has 0 bridgehead atoms. The summed E-state index contributed by atoms with van der Waals surface area (Å²) in [6.45, 7) is 13.4. The highest BCUT2D eigenvalue weighted by molar-refractivity contribution is 5.87. The van der Waals surface area contributed by atoms with Gasteiger partial charge in [-0.25, -0.2) is 23.6 Å². The minimum atomic E-state index is -1.04. The fraction of sp³-hybridized carbons (Fsp3) is 0. The summed E-state index contributed by atoms with van der Waals surface area (Å²) in [6, 6.07) is 21.1. The molecule has 49 heavy (non-hydrogen) atoms. The Morgan fingerprint density at radius 1 is 0.531 bits per heavy atom. The van der Waals surface area contributed by atoms with Gasteiger partial charge in [0, 0.05) is 41.5 Å². The van der Waals surface area contributed by atoms with Crippen molar-refractivity contribution in [1.82, 2.24) is 0 Å². The van der Waals surface area contributed by atoms with Gasteiger partial charge in [-0.3, -0.25) is 0 Å². The third kappa shape index (κ3) is 9.39. The lowest BCUT2D eigenvalue weighted by Gasteiger charge is -2.12. The number of halogens is 1. The molecule has 8 nitrogen and oxygen atoms in total. The molecule has 4 rings (SSSR count). The van der Waals surface area contributed by atoms with Crippen molar-refractivity contribution in [3.63, 3.8) is 0 Å². The lowest BCUT2D eigenvalue weighted by Crippen LogP contribution is -2.11. The molecule has 0 saturated heterocycles. The van der Waals surface area contributed by atoms with Gasteiger partial charge in [-0.2, -0.15) is 0 Å². The zero-order valence-electron chi connectivity index (χ0n) is 25.8. The van der Waals surface area contributed by atoms with Crippen LogP contribution in [-0.2, 0) is 19.2 Å². The van der Waals surface area contributed by atoms with Gasteiger partial charge in [0.05, 0.1) is 5.56 Å². The van der Waals surface area contributed by atoms with Gasteiger partial charge in [-0.1, -0.05) is 74.3 Å². The number of rotatable bonds is 9. The normalized spacial score (nSPS) is 9.65. The number of benzene rings is 4. The highest BCUT2D eigenvalue weighted by atomic mass is 19.1. The van der Waals surface area contributed by atoms with Gasteiger partial charge in [0.15, 0.2) is 17.3 Å². The Morgan fingerprint density at radius 3 is 1.45 bits per heavy atom. The largest absolute Gasteiger partial charge is 0.423 e. The number of esters is 4.